The van der Waals surface area contributed by atoms with Crippen LogP contribution in [0.2, 0.25) is 5.02 Å². The number of hydrogen-bond donors (Lipinski definition) is 0. The maximum atomic E-state index is 13.9. The van der Waals surface area contributed by atoms with Gasteiger partial charge in [-0.05, 0) is 46.1 Å². The minimum atomic E-state index is -0.920. The topological polar surface area (TPSA) is 0 Å². The molecule has 2 aromatic carbocycles. The van der Waals surface area contributed by atoms with Gasteiger partial charge in [0, 0.05) is 14.9 Å². The van der Waals surface area contributed by atoms with Crippen LogP contribution in [0.4, 0.5) is 13.2 Å². The Balaban J connectivity index is 2.31. The number of rotatable bonds is 3. The Morgan fingerprint density at radius 3 is 2.50 bits per heavy atom. The Morgan fingerprint density at radius 2 is 1.80 bits per heavy atom. The highest BCUT2D eigenvalue weighted by molar-refractivity contribution is 9.10. The third-order valence-electron chi connectivity index (χ3n) is 2.81. The van der Waals surface area contributed by atoms with Crippen molar-refractivity contribution in [3.05, 3.63) is 68.4 Å². The van der Waals surface area contributed by atoms with Gasteiger partial charge in [0.05, 0.1) is 5.02 Å². The summed E-state index contributed by atoms with van der Waals surface area (Å²) in [5.41, 5.74) is 0.465. The summed E-state index contributed by atoms with van der Waals surface area (Å²) in [5, 5.41) is 0.352. The summed E-state index contributed by atoms with van der Waals surface area (Å²) >= 11 is 12.3. The van der Waals surface area contributed by atoms with E-state index in [4.69, 9.17) is 11.6 Å². The van der Waals surface area contributed by atoms with Gasteiger partial charge >= 0.3 is 0 Å². The molecule has 1 unspecified atom stereocenters. The summed E-state index contributed by atoms with van der Waals surface area (Å²) in [6.45, 7) is 0. The molecular formula is C14H8Br2ClF3. The van der Waals surface area contributed by atoms with Crippen LogP contribution in [0.1, 0.15) is 16.0 Å². The van der Waals surface area contributed by atoms with Gasteiger partial charge in [-0.3, -0.25) is 0 Å². The lowest BCUT2D eigenvalue weighted by Crippen LogP contribution is -2.02. The zero-order chi connectivity index (χ0) is 14.9. The number of alkyl halides is 1. The molecular weight excluding hydrogens is 420 g/mol. The molecule has 0 fully saturated rings. The molecule has 106 valence electrons. The molecule has 0 saturated heterocycles. The summed E-state index contributed by atoms with van der Waals surface area (Å²) < 4.78 is 41.1. The average Bonchev–Trinajstić information content (AvgIpc) is 2.39. The van der Waals surface area contributed by atoms with Gasteiger partial charge in [0.1, 0.15) is 5.82 Å². The Labute approximate surface area is 136 Å². The van der Waals surface area contributed by atoms with Gasteiger partial charge in [-0.1, -0.05) is 39.7 Å². The number of halogens is 6. The highest BCUT2D eigenvalue weighted by Crippen LogP contribution is 2.34. The predicted molar refractivity (Wildman–Crippen MR) is 80.8 cm³/mol. The van der Waals surface area contributed by atoms with Crippen molar-refractivity contribution in [1.29, 1.82) is 0 Å². The third-order valence-corrected chi connectivity index (χ3v) is 4.82. The molecule has 0 radical (unpaired) electrons. The lowest BCUT2D eigenvalue weighted by Gasteiger charge is -2.13. The Hall–Kier alpha value is -0.520. The fraction of sp³-hybridized carbons (Fsp3) is 0.143. The molecule has 0 amide bonds. The largest absolute Gasteiger partial charge is 0.207 e. The van der Waals surface area contributed by atoms with Crippen LogP contribution in [0, 0.1) is 17.5 Å². The molecule has 2 rings (SSSR count). The standard InChI is InChI=1S/C14H8Br2ClF3/c15-9(4-7-2-1-3-12(18)14(7)20)8-5-11(17)10(16)6-13(8)19/h1-3,5-6,9H,4H2. The van der Waals surface area contributed by atoms with Gasteiger partial charge in [0.2, 0.25) is 0 Å². The SMILES string of the molecule is Fc1cc(Br)c(Cl)cc1C(Br)Cc1cccc(F)c1F. The van der Waals surface area contributed by atoms with E-state index in [2.05, 4.69) is 31.9 Å². The first-order valence-corrected chi connectivity index (χ1v) is 7.70. The van der Waals surface area contributed by atoms with Crippen LogP contribution in [0.5, 0.6) is 0 Å². The molecule has 0 spiro atoms. The Kier molecular flexibility index (Phi) is 5.15. The summed E-state index contributed by atoms with van der Waals surface area (Å²) in [7, 11) is 0. The van der Waals surface area contributed by atoms with Crippen LogP contribution in [0.15, 0.2) is 34.8 Å². The van der Waals surface area contributed by atoms with E-state index in [1.54, 1.807) is 0 Å². The van der Waals surface area contributed by atoms with Crippen LogP contribution >= 0.6 is 43.5 Å². The molecule has 0 saturated carbocycles. The third kappa shape index (κ3) is 3.38. The molecule has 0 nitrogen and oxygen atoms in total. The van der Waals surface area contributed by atoms with Crippen LogP contribution in [-0.2, 0) is 6.42 Å². The van der Waals surface area contributed by atoms with Crippen molar-refractivity contribution >= 4 is 43.5 Å². The molecule has 0 aromatic heterocycles. The molecule has 0 heterocycles. The summed E-state index contributed by atoms with van der Waals surface area (Å²) in [6, 6.07) is 6.62. The summed E-state index contributed by atoms with van der Waals surface area (Å²) in [5.74, 6) is -2.31. The zero-order valence-electron chi connectivity index (χ0n) is 9.94. The molecule has 0 aliphatic rings. The van der Waals surface area contributed by atoms with E-state index in [1.807, 2.05) is 0 Å². The van der Waals surface area contributed by atoms with Crippen molar-refractivity contribution in [3.63, 3.8) is 0 Å². The lowest BCUT2D eigenvalue weighted by atomic mass is 10.0. The Morgan fingerprint density at radius 1 is 1.10 bits per heavy atom. The quantitative estimate of drug-likeness (QED) is 0.403. The molecule has 0 aliphatic heterocycles. The zero-order valence-corrected chi connectivity index (χ0v) is 13.9. The maximum Gasteiger partial charge on any atom is 0.162 e. The average molecular weight is 428 g/mol. The van der Waals surface area contributed by atoms with E-state index in [1.165, 1.54) is 24.3 Å². The summed E-state index contributed by atoms with van der Waals surface area (Å²) in [6.07, 6.45) is 0.110. The van der Waals surface area contributed by atoms with Crippen LogP contribution in [-0.4, -0.2) is 0 Å². The second kappa shape index (κ2) is 6.50. The normalized spacial score (nSPS) is 12.5. The van der Waals surface area contributed by atoms with Crippen molar-refractivity contribution in [2.24, 2.45) is 0 Å². The monoisotopic (exact) mass is 426 g/mol. The first kappa shape index (κ1) is 15.9. The van der Waals surface area contributed by atoms with Crippen molar-refractivity contribution in [1.82, 2.24) is 0 Å². The smallest absolute Gasteiger partial charge is 0.162 e. The first-order valence-electron chi connectivity index (χ1n) is 5.61. The number of benzene rings is 2. The minimum absolute atomic E-state index is 0.110. The fourth-order valence-electron chi connectivity index (χ4n) is 1.79. The second-order valence-corrected chi connectivity index (χ2v) is 6.54. The van der Waals surface area contributed by atoms with Gasteiger partial charge in [0.15, 0.2) is 11.6 Å². The van der Waals surface area contributed by atoms with E-state index in [9.17, 15) is 13.2 Å². The van der Waals surface area contributed by atoms with Crippen molar-refractivity contribution in [2.45, 2.75) is 11.2 Å². The molecule has 20 heavy (non-hydrogen) atoms. The van der Waals surface area contributed by atoms with Gasteiger partial charge in [-0.25, -0.2) is 13.2 Å². The number of hydrogen-bond acceptors (Lipinski definition) is 0. The van der Waals surface area contributed by atoms with Gasteiger partial charge < -0.3 is 0 Å². The highest BCUT2D eigenvalue weighted by atomic mass is 79.9. The lowest BCUT2D eigenvalue weighted by molar-refractivity contribution is 0.498. The van der Waals surface area contributed by atoms with Crippen molar-refractivity contribution in [3.8, 4) is 0 Å². The highest BCUT2D eigenvalue weighted by Gasteiger charge is 2.18. The van der Waals surface area contributed by atoms with E-state index in [0.717, 1.165) is 6.07 Å². The van der Waals surface area contributed by atoms with Crippen LogP contribution in [0.25, 0.3) is 0 Å². The van der Waals surface area contributed by atoms with Crippen LogP contribution < -0.4 is 0 Å². The van der Waals surface area contributed by atoms with E-state index >= 15 is 0 Å². The van der Waals surface area contributed by atoms with Crippen molar-refractivity contribution in [2.75, 3.05) is 0 Å². The molecule has 0 N–H and O–H groups in total. The fourth-order valence-corrected chi connectivity index (χ4v) is 2.97. The van der Waals surface area contributed by atoms with Crippen molar-refractivity contribution < 1.29 is 13.2 Å². The van der Waals surface area contributed by atoms with Gasteiger partial charge in [0.25, 0.3) is 0 Å². The molecule has 0 bridgehead atoms. The van der Waals surface area contributed by atoms with E-state index in [0.29, 0.717) is 15.1 Å². The van der Waals surface area contributed by atoms with Gasteiger partial charge in [-0.2, -0.15) is 0 Å². The van der Waals surface area contributed by atoms with E-state index in [-0.39, 0.29) is 12.0 Å². The minimum Gasteiger partial charge on any atom is -0.207 e. The van der Waals surface area contributed by atoms with Crippen LogP contribution in [0.3, 0.4) is 0 Å². The van der Waals surface area contributed by atoms with Gasteiger partial charge in [-0.15, -0.1) is 0 Å². The molecule has 6 heteroatoms. The predicted octanol–water partition coefficient (Wildman–Crippen LogP) is 6.20. The van der Waals surface area contributed by atoms with E-state index < -0.39 is 22.3 Å². The molecule has 1 atom stereocenters. The molecule has 0 aliphatic carbocycles. The maximum absolute atomic E-state index is 13.9. The first-order chi connectivity index (χ1) is 9.40. The second-order valence-electron chi connectivity index (χ2n) is 4.17. The molecule has 2 aromatic rings. The summed E-state index contributed by atoms with van der Waals surface area (Å²) in [4.78, 5) is -0.510. The Bertz CT molecular complexity index is 647.